The van der Waals surface area contributed by atoms with Gasteiger partial charge in [0.1, 0.15) is 0 Å². The van der Waals surface area contributed by atoms with E-state index in [1.807, 2.05) is 0 Å². The molecular weight excluding hydrogens is 282 g/mol. The molecule has 0 aliphatic carbocycles. The van der Waals surface area contributed by atoms with Gasteiger partial charge in [0.05, 0.1) is 5.75 Å². The molecule has 17 heavy (non-hydrogen) atoms. The van der Waals surface area contributed by atoms with Gasteiger partial charge in [-0.05, 0) is 6.42 Å². The van der Waals surface area contributed by atoms with E-state index >= 15 is 0 Å². The lowest BCUT2D eigenvalue weighted by atomic mass is 10.5. The van der Waals surface area contributed by atoms with Gasteiger partial charge >= 0.3 is 5.97 Å². The first-order valence-electron chi connectivity index (χ1n) is 4.80. The second kappa shape index (κ2) is 7.62. The number of nitrogens with one attached hydrogen (secondary N) is 1. The van der Waals surface area contributed by atoms with Crippen LogP contribution in [0.15, 0.2) is 4.34 Å². The van der Waals surface area contributed by atoms with Crippen molar-refractivity contribution in [2.45, 2.75) is 10.8 Å². The molecule has 0 aromatic carbocycles. The predicted octanol–water partition coefficient (Wildman–Crippen LogP) is 0.895. The fraction of sp³-hybridized carbons (Fsp3) is 0.625. The number of anilines is 1. The van der Waals surface area contributed by atoms with E-state index in [0.717, 1.165) is 18.2 Å². The Kier molecular flexibility index (Phi) is 6.45. The molecule has 1 aromatic rings. The maximum Gasteiger partial charge on any atom is 0.313 e. The summed E-state index contributed by atoms with van der Waals surface area (Å²) in [5.74, 6) is -0.222. The minimum absolute atomic E-state index is 0.0105. The van der Waals surface area contributed by atoms with Crippen LogP contribution in [0.2, 0.25) is 0 Å². The molecule has 1 unspecified atom stereocenters. The van der Waals surface area contributed by atoms with Crippen molar-refractivity contribution in [3.05, 3.63) is 0 Å². The number of carboxylic acids is 1. The minimum atomic E-state index is -0.870. The van der Waals surface area contributed by atoms with Crippen LogP contribution < -0.4 is 5.32 Å². The van der Waals surface area contributed by atoms with Crippen LogP contribution in [0.1, 0.15) is 6.42 Å². The van der Waals surface area contributed by atoms with E-state index in [2.05, 4.69) is 15.5 Å². The maximum absolute atomic E-state index is 10.8. The van der Waals surface area contributed by atoms with Crippen molar-refractivity contribution >= 4 is 45.0 Å². The zero-order chi connectivity index (χ0) is 12.7. The monoisotopic (exact) mass is 295 g/mol. The molecule has 96 valence electrons. The Balaban J connectivity index is 2.25. The molecule has 0 amide bonds. The number of carbonyl (C=O) groups is 1. The summed E-state index contributed by atoms with van der Waals surface area (Å²) in [4.78, 5) is 10.3. The average Bonchev–Trinajstić information content (AvgIpc) is 2.69. The zero-order valence-electron chi connectivity index (χ0n) is 9.21. The molecule has 0 aliphatic heterocycles. The Hall–Kier alpha value is -0.670. The van der Waals surface area contributed by atoms with Crippen molar-refractivity contribution < 1.29 is 14.1 Å². The number of nitrogens with zero attached hydrogens (tertiary/aromatic N) is 2. The van der Waals surface area contributed by atoms with Gasteiger partial charge in [-0.2, -0.15) is 0 Å². The molecular formula is C8H13N3O3S3. The van der Waals surface area contributed by atoms with Crippen LogP contribution in [-0.4, -0.2) is 49.8 Å². The number of carboxylic acid groups (broad SMARTS) is 1. The van der Waals surface area contributed by atoms with Crippen LogP contribution in [0.5, 0.6) is 0 Å². The topological polar surface area (TPSA) is 92.2 Å². The summed E-state index contributed by atoms with van der Waals surface area (Å²) in [6.07, 6.45) is 2.48. The van der Waals surface area contributed by atoms with Gasteiger partial charge in [-0.3, -0.25) is 9.00 Å². The van der Waals surface area contributed by atoms with Crippen LogP contribution >= 0.6 is 23.1 Å². The summed E-state index contributed by atoms with van der Waals surface area (Å²) >= 11 is 2.47. The highest BCUT2D eigenvalue weighted by Crippen LogP contribution is 2.24. The summed E-state index contributed by atoms with van der Waals surface area (Å²) in [5.41, 5.74) is 0. The van der Waals surface area contributed by atoms with E-state index in [4.69, 9.17) is 5.11 Å². The minimum Gasteiger partial charge on any atom is -0.481 e. The summed E-state index contributed by atoms with van der Waals surface area (Å²) in [7, 11) is -0.769. The largest absolute Gasteiger partial charge is 0.481 e. The van der Waals surface area contributed by atoms with E-state index in [9.17, 15) is 9.00 Å². The van der Waals surface area contributed by atoms with Gasteiger partial charge in [0, 0.05) is 29.4 Å². The number of thioether (sulfide) groups is 1. The molecule has 0 saturated carbocycles. The first-order chi connectivity index (χ1) is 8.08. The molecule has 0 spiro atoms. The van der Waals surface area contributed by atoms with Gasteiger partial charge < -0.3 is 10.4 Å². The highest BCUT2D eigenvalue weighted by molar-refractivity contribution is 8.01. The number of hydrogen-bond acceptors (Lipinski definition) is 7. The van der Waals surface area contributed by atoms with Gasteiger partial charge in [0.25, 0.3) is 0 Å². The first kappa shape index (κ1) is 14.4. The Morgan fingerprint density at radius 1 is 1.59 bits per heavy atom. The fourth-order valence-electron chi connectivity index (χ4n) is 0.934. The van der Waals surface area contributed by atoms with E-state index < -0.39 is 16.8 Å². The van der Waals surface area contributed by atoms with Gasteiger partial charge in [-0.15, -0.1) is 10.2 Å². The quantitative estimate of drug-likeness (QED) is 0.543. The van der Waals surface area contributed by atoms with Crippen LogP contribution in [-0.2, 0) is 15.6 Å². The van der Waals surface area contributed by atoms with Crippen LogP contribution in [0, 0.1) is 0 Å². The molecule has 9 heteroatoms. The Morgan fingerprint density at radius 3 is 3.00 bits per heavy atom. The predicted molar refractivity (Wildman–Crippen MR) is 70.3 cm³/mol. The lowest BCUT2D eigenvalue weighted by molar-refractivity contribution is -0.133. The van der Waals surface area contributed by atoms with Gasteiger partial charge in [0.15, 0.2) is 4.34 Å². The molecule has 0 radical (unpaired) electrons. The van der Waals surface area contributed by atoms with Crippen molar-refractivity contribution in [2.24, 2.45) is 0 Å². The first-order valence-corrected chi connectivity index (χ1v) is 8.33. The molecule has 0 saturated heterocycles. The van der Waals surface area contributed by atoms with Crippen molar-refractivity contribution in [3.8, 4) is 0 Å². The molecule has 1 heterocycles. The van der Waals surface area contributed by atoms with E-state index in [0.29, 0.717) is 21.8 Å². The second-order valence-electron chi connectivity index (χ2n) is 3.11. The van der Waals surface area contributed by atoms with E-state index in [1.54, 1.807) is 6.26 Å². The molecule has 1 aromatic heterocycles. The molecule has 1 atom stereocenters. The zero-order valence-corrected chi connectivity index (χ0v) is 11.7. The Bertz CT molecular complexity index is 396. The molecule has 0 aliphatic rings. The number of aliphatic carboxylic acids is 1. The summed E-state index contributed by atoms with van der Waals surface area (Å²) in [6.45, 7) is 0.692. The smallest absolute Gasteiger partial charge is 0.313 e. The Morgan fingerprint density at radius 2 is 2.35 bits per heavy atom. The van der Waals surface area contributed by atoms with Gasteiger partial charge in [-0.1, -0.05) is 23.1 Å². The lowest BCUT2D eigenvalue weighted by Crippen LogP contribution is -2.05. The number of rotatable bonds is 8. The van der Waals surface area contributed by atoms with Crippen LogP contribution in [0.3, 0.4) is 0 Å². The summed E-state index contributed by atoms with van der Waals surface area (Å²) in [5, 5.41) is 19.9. The van der Waals surface area contributed by atoms with Gasteiger partial charge in [0.2, 0.25) is 5.13 Å². The molecule has 0 bridgehead atoms. The molecule has 0 fully saturated rings. The van der Waals surface area contributed by atoms with Crippen molar-refractivity contribution in [2.75, 3.05) is 29.6 Å². The fourth-order valence-corrected chi connectivity index (χ4v) is 2.98. The summed E-state index contributed by atoms with van der Waals surface area (Å²) < 4.78 is 11.4. The standard InChI is InChI=1S/C8H13N3O3S3/c1-17(14)4-2-3-9-7-10-11-8(16-7)15-5-6(12)13/h2-5H2,1H3,(H,9,10)(H,12,13). The summed E-state index contributed by atoms with van der Waals surface area (Å²) in [6, 6.07) is 0. The SMILES string of the molecule is CS(=O)CCCNc1nnc(SCC(=O)O)s1. The maximum atomic E-state index is 10.8. The number of hydrogen-bond donors (Lipinski definition) is 2. The van der Waals surface area contributed by atoms with E-state index in [1.165, 1.54) is 11.3 Å². The van der Waals surface area contributed by atoms with Crippen LogP contribution in [0.4, 0.5) is 5.13 Å². The Labute approximate surface area is 110 Å². The van der Waals surface area contributed by atoms with Crippen LogP contribution in [0.25, 0.3) is 0 Å². The second-order valence-corrected chi connectivity index (χ2v) is 6.87. The molecule has 2 N–H and O–H groups in total. The third kappa shape index (κ3) is 6.59. The lowest BCUT2D eigenvalue weighted by Gasteiger charge is -1.99. The van der Waals surface area contributed by atoms with Crippen molar-refractivity contribution in [1.82, 2.24) is 10.2 Å². The van der Waals surface area contributed by atoms with E-state index in [-0.39, 0.29) is 5.75 Å². The normalized spacial score (nSPS) is 12.3. The third-order valence-electron chi connectivity index (χ3n) is 1.61. The highest BCUT2D eigenvalue weighted by atomic mass is 32.2. The average molecular weight is 295 g/mol. The van der Waals surface area contributed by atoms with Crippen molar-refractivity contribution in [3.63, 3.8) is 0 Å². The van der Waals surface area contributed by atoms with Crippen molar-refractivity contribution in [1.29, 1.82) is 0 Å². The van der Waals surface area contributed by atoms with Gasteiger partial charge in [-0.25, -0.2) is 0 Å². The highest BCUT2D eigenvalue weighted by Gasteiger charge is 2.06. The number of aromatic nitrogens is 2. The molecule has 1 rings (SSSR count). The molecule has 6 nitrogen and oxygen atoms in total. The third-order valence-corrected chi connectivity index (χ3v) is 4.47.